The molecule has 6 heteroatoms. The van der Waals surface area contributed by atoms with Gasteiger partial charge in [-0.1, -0.05) is 25.9 Å². The summed E-state index contributed by atoms with van der Waals surface area (Å²) in [6.45, 7) is 13.9. The van der Waals surface area contributed by atoms with E-state index >= 15 is 0 Å². The number of hydrogen-bond donors (Lipinski definition) is 1. The number of amides is 1. The molecule has 1 aliphatic heterocycles. The molecule has 22 heavy (non-hydrogen) atoms. The van der Waals surface area contributed by atoms with E-state index in [0.29, 0.717) is 0 Å². The molecule has 2 heterocycles. The van der Waals surface area contributed by atoms with Crippen LogP contribution in [0.5, 0.6) is 0 Å². The van der Waals surface area contributed by atoms with Crippen LogP contribution in [0, 0.1) is 19.3 Å². The lowest BCUT2D eigenvalue weighted by molar-refractivity contribution is -0.136. The van der Waals surface area contributed by atoms with Crippen LogP contribution < -0.4 is 5.73 Å². The number of aromatic nitrogens is 1. The molecule has 1 atom stereocenters. The van der Waals surface area contributed by atoms with Crippen molar-refractivity contribution in [3.63, 3.8) is 0 Å². The Bertz CT molecular complexity index is 505. The summed E-state index contributed by atoms with van der Waals surface area (Å²) in [7, 11) is 0. The molecule has 2 N–H and O–H groups in total. The summed E-state index contributed by atoms with van der Waals surface area (Å²) in [6.07, 6.45) is 0. The highest BCUT2D eigenvalue weighted by Crippen LogP contribution is 2.20. The zero-order chi connectivity index (χ0) is 16.5. The fraction of sp³-hybridized carbons (Fsp3) is 0.750. The zero-order valence-electron chi connectivity index (χ0n) is 14.3. The van der Waals surface area contributed by atoms with Gasteiger partial charge in [0, 0.05) is 38.3 Å². The molecule has 1 aromatic heterocycles. The Labute approximate surface area is 132 Å². The van der Waals surface area contributed by atoms with Gasteiger partial charge in [0.1, 0.15) is 5.76 Å². The van der Waals surface area contributed by atoms with Crippen molar-refractivity contribution in [3.05, 3.63) is 17.0 Å². The van der Waals surface area contributed by atoms with Gasteiger partial charge < -0.3 is 15.2 Å². The van der Waals surface area contributed by atoms with Crippen LogP contribution in [0.4, 0.5) is 0 Å². The standard InChI is InChI=1S/C16H28N4O2/c1-11-13(12(2)22-18-11)10-19-6-8-20(9-7-19)15(21)14(17)16(3,4)5/h14H,6-10,17H2,1-5H3/t14-/m1/s1. The van der Waals surface area contributed by atoms with Crippen molar-refractivity contribution in [2.24, 2.45) is 11.1 Å². The van der Waals surface area contributed by atoms with Crippen LogP contribution in [-0.2, 0) is 11.3 Å². The fourth-order valence-electron chi connectivity index (χ4n) is 2.64. The Hall–Kier alpha value is -1.40. The number of piperazine rings is 1. The highest BCUT2D eigenvalue weighted by molar-refractivity contribution is 5.82. The third-order valence-corrected chi connectivity index (χ3v) is 4.45. The highest BCUT2D eigenvalue weighted by Gasteiger charge is 2.32. The predicted molar refractivity (Wildman–Crippen MR) is 85.3 cm³/mol. The third-order valence-electron chi connectivity index (χ3n) is 4.45. The van der Waals surface area contributed by atoms with Crippen LogP contribution in [0.2, 0.25) is 0 Å². The Kier molecular flexibility index (Phi) is 4.92. The maximum absolute atomic E-state index is 12.4. The van der Waals surface area contributed by atoms with Crippen molar-refractivity contribution in [3.8, 4) is 0 Å². The Morgan fingerprint density at radius 1 is 1.27 bits per heavy atom. The van der Waals surface area contributed by atoms with Crippen molar-refractivity contribution in [2.45, 2.75) is 47.2 Å². The minimum absolute atomic E-state index is 0.0597. The fourth-order valence-corrected chi connectivity index (χ4v) is 2.64. The first-order valence-corrected chi connectivity index (χ1v) is 7.88. The molecule has 0 spiro atoms. The maximum Gasteiger partial charge on any atom is 0.240 e. The van der Waals surface area contributed by atoms with E-state index in [2.05, 4.69) is 10.1 Å². The van der Waals surface area contributed by atoms with E-state index in [0.717, 1.165) is 49.7 Å². The van der Waals surface area contributed by atoms with Crippen LogP contribution in [0.3, 0.4) is 0 Å². The number of aryl methyl sites for hydroxylation is 2. The molecule has 0 aromatic carbocycles. The number of carbonyl (C=O) groups is 1. The lowest BCUT2D eigenvalue weighted by Gasteiger charge is -2.38. The smallest absolute Gasteiger partial charge is 0.240 e. The molecular formula is C16H28N4O2. The maximum atomic E-state index is 12.4. The first kappa shape index (κ1) is 17.0. The topological polar surface area (TPSA) is 75.6 Å². The molecular weight excluding hydrogens is 280 g/mol. The minimum atomic E-state index is -0.443. The van der Waals surface area contributed by atoms with Gasteiger partial charge in [-0.05, 0) is 19.3 Å². The number of rotatable bonds is 3. The number of carbonyl (C=O) groups excluding carboxylic acids is 1. The van der Waals surface area contributed by atoms with Crippen molar-refractivity contribution in [1.29, 1.82) is 0 Å². The Morgan fingerprint density at radius 3 is 2.32 bits per heavy atom. The van der Waals surface area contributed by atoms with Gasteiger partial charge in [-0.3, -0.25) is 9.69 Å². The van der Waals surface area contributed by atoms with Crippen molar-refractivity contribution < 1.29 is 9.32 Å². The van der Waals surface area contributed by atoms with Crippen LogP contribution in [0.25, 0.3) is 0 Å². The largest absolute Gasteiger partial charge is 0.361 e. The summed E-state index contributed by atoms with van der Waals surface area (Å²) in [5.41, 5.74) is 7.99. The van der Waals surface area contributed by atoms with E-state index in [1.165, 1.54) is 0 Å². The molecule has 1 fully saturated rings. The summed E-state index contributed by atoms with van der Waals surface area (Å²) >= 11 is 0. The molecule has 1 aromatic rings. The number of nitrogens with zero attached hydrogens (tertiary/aromatic N) is 3. The van der Waals surface area contributed by atoms with Crippen molar-refractivity contribution in [1.82, 2.24) is 15.0 Å². The molecule has 0 bridgehead atoms. The predicted octanol–water partition coefficient (Wildman–Crippen LogP) is 1.31. The molecule has 0 unspecified atom stereocenters. The molecule has 0 saturated carbocycles. The molecule has 1 saturated heterocycles. The highest BCUT2D eigenvalue weighted by atomic mass is 16.5. The van der Waals surface area contributed by atoms with Gasteiger partial charge in [0.05, 0.1) is 11.7 Å². The van der Waals surface area contributed by atoms with Gasteiger partial charge >= 0.3 is 0 Å². The molecule has 124 valence electrons. The number of nitrogens with two attached hydrogens (primary N) is 1. The van der Waals surface area contributed by atoms with Gasteiger partial charge in [-0.2, -0.15) is 0 Å². The van der Waals surface area contributed by atoms with E-state index in [4.69, 9.17) is 10.3 Å². The quantitative estimate of drug-likeness (QED) is 0.911. The van der Waals surface area contributed by atoms with Crippen LogP contribution in [0.1, 0.15) is 37.8 Å². The van der Waals surface area contributed by atoms with Gasteiger partial charge in [0.25, 0.3) is 0 Å². The molecule has 2 rings (SSSR count). The lowest BCUT2D eigenvalue weighted by atomic mass is 9.86. The second-order valence-corrected chi connectivity index (χ2v) is 7.25. The Balaban J connectivity index is 1.90. The normalized spacial score (nSPS) is 18.5. The molecule has 1 aliphatic rings. The Morgan fingerprint density at radius 2 is 1.86 bits per heavy atom. The summed E-state index contributed by atoms with van der Waals surface area (Å²) in [6, 6.07) is -0.443. The van der Waals surface area contributed by atoms with E-state index in [1.807, 2.05) is 39.5 Å². The first-order chi connectivity index (χ1) is 10.2. The van der Waals surface area contributed by atoms with Gasteiger partial charge in [-0.15, -0.1) is 0 Å². The molecule has 6 nitrogen and oxygen atoms in total. The van der Waals surface area contributed by atoms with E-state index in [-0.39, 0.29) is 11.3 Å². The second-order valence-electron chi connectivity index (χ2n) is 7.25. The summed E-state index contributed by atoms with van der Waals surface area (Å²) < 4.78 is 5.21. The monoisotopic (exact) mass is 308 g/mol. The minimum Gasteiger partial charge on any atom is -0.361 e. The SMILES string of the molecule is Cc1noc(C)c1CN1CCN(C(=O)[C@@H](N)C(C)(C)C)CC1. The van der Waals surface area contributed by atoms with Gasteiger partial charge in [-0.25, -0.2) is 0 Å². The van der Waals surface area contributed by atoms with Crippen LogP contribution in [0.15, 0.2) is 4.52 Å². The van der Waals surface area contributed by atoms with E-state index < -0.39 is 6.04 Å². The summed E-state index contributed by atoms with van der Waals surface area (Å²) in [4.78, 5) is 16.7. The molecule has 0 aliphatic carbocycles. The van der Waals surface area contributed by atoms with Crippen molar-refractivity contribution >= 4 is 5.91 Å². The average molecular weight is 308 g/mol. The molecule has 0 radical (unpaired) electrons. The van der Waals surface area contributed by atoms with E-state index in [1.54, 1.807) is 0 Å². The average Bonchev–Trinajstić information content (AvgIpc) is 2.77. The number of hydrogen-bond acceptors (Lipinski definition) is 5. The van der Waals surface area contributed by atoms with Crippen LogP contribution in [-0.4, -0.2) is 53.1 Å². The van der Waals surface area contributed by atoms with Gasteiger partial charge in [0.15, 0.2) is 0 Å². The zero-order valence-corrected chi connectivity index (χ0v) is 14.3. The van der Waals surface area contributed by atoms with Gasteiger partial charge in [0.2, 0.25) is 5.91 Å². The summed E-state index contributed by atoms with van der Waals surface area (Å²) in [5.74, 6) is 0.940. The lowest BCUT2D eigenvalue weighted by Crippen LogP contribution is -2.56. The van der Waals surface area contributed by atoms with Crippen molar-refractivity contribution in [2.75, 3.05) is 26.2 Å². The van der Waals surface area contributed by atoms with E-state index in [9.17, 15) is 4.79 Å². The first-order valence-electron chi connectivity index (χ1n) is 7.88. The molecule has 1 amide bonds. The summed E-state index contributed by atoms with van der Waals surface area (Å²) in [5, 5.41) is 3.99. The third kappa shape index (κ3) is 3.67. The second kappa shape index (κ2) is 6.38. The van der Waals surface area contributed by atoms with Crippen LogP contribution >= 0.6 is 0 Å².